The standard InChI is InChI=1S/C15H18N2/c1-15(12-17-16-2)10-8-14(9-11-15)13-6-4-3-5-7-13/h3-10,17H,2,11-12H2,1H3. The number of nitrogens with one attached hydrogen (secondary N) is 1. The van der Waals surface area contributed by atoms with Crippen molar-refractivity contribution in [3.8, 4) is 0 Å². The van der Waals surface area contributed by atoms with Gasteiger partial charge in [0.15, 0.2) is 0 Å². The van der Waals surface area contributed by atoms with E-state index in [4.69, 9.17) is 0 Å². The Morgan fingerprint density at radius 1 is 1.35 bits per heavy atom. The highest BCUT2D eigenvalue weighted by Crippen LogP contribution is 2.32. The van der Waals surface area contributed by atoms with E-state index >= 15 is 0 Å². The van der Waals surface area contributed by atoms with E-state index in [1.807, 2.05) is 6.07 Å². The first-order valence-electron chi connectivity index (χ1n) is 5.87. The number of benzene rings is 1. The van der Waals surface area contributed by atoms with Gasteiger partial charge in [-0.25, -0.2) is 0 Å². The van der Waals surface area contributed by atoms with Gasteiger partial charge in [-0.3, -0.25) is 0 Å². The molecule has 1 aliphatic rings. The predicted molar refractivity (Wildman–Crippen MR) is 73.8 cm³/mol. The summed E-state index contributed by atoms with van der Waals surface area (Å²) >= 11 is 0. The minimum Gasteiger partial charge on any atom is -0.310 e. The zero-order valence-electron chi connectivity index (χ0n) is 10.2. The Morgan fingerprint density at radius 2 is 2.12 bits per heavy atom. The summed E-state index contributed by atoms with van der Waals surface area (Å²) < 4.78 is 0. The van der Waals surface area contributed by atoms with Gasteiger partial charge in [0, 0.05) is 18.7 Å². The van der Waals surface area contributed by atoms with Crippen LogP contribution in [0.5, 0.6) is 0 Å². The fourth-order valence-electron chi connectivity index (χ4n) is 1.98. The topological polar surface area (TPSA) is 24.4 Å². The minimum atomic E-state index is 0.138. The highest BCUT2D eigenvalue weighted by Gasteiger charge is 2.22. The zero-order chi connectivity index (χ0) is 12.1. The fraction of sp³-hybridized carbons (Fsp3) is 0.267. The van der Waals surface area contributed by atoms with Crippen LogP contribution in [-0.4, -0.2) is 13.3 Å². The SMILES string of the molecule is C=NNCC1(C)C=CC(c2ccccc2)=CC1. The molecule has 0 radical (unpaired) electrons. The molecule has 1 atom stereocenters. The van der Waals surface area contributed by atoms with Crippen molar-refractivity contribution >= 4 is 12.3 Å². The monoisotopic (exact) mass is 226 g/mol. The van der Waals surface area contributed by atoms with E-state index in [0.29, 0.717) is 0 Å². The molecule has 1 aromatic carbocycles. The Bertz CT molecular complexity index is 445. The Kier molecular flexibility index (Phi) is 3.43. The molecule has 0 aromatic heterocycles. The molecular weight excluding hydrogens is 208 g/mol. The van der Waals surface area contributed by atoms with Gasteiger partial charge in [-0.1, -0.05) is 55.5 Å². The Labute approximate surface area is 103 Å². The molecular formula is C15H18N2. The summed E-state index contributed by atoms with van der Waals surface area (Å²) in [6, 6.07) is 10.5. The maximum Gasteiger partial charge on any atom is 0.0420 e. The number of hydrazone groups is 1. The molecule has 0 saturated heterocycles. The van der Waals surface area contributed by atoms with Crippen molar-refractivity contribution in [2.24, 2.45) is 10.5 Å². The van der Waals surface area contributed by atoms with Crippen LogP contribution in [0.15, 0.2) is 53.7 Å². The smallest absolute Gasteiger partial charge is 0.0420 e. The van der Waals surface area contributed by atoms with Crippen LogP contribution in [0.3, 0.4) is 0 Å². The Hall–Kier alpha value is -1.83. The fourth-order valence-corrected chi connectivity index (χ4v) is 1.98. The minimum absolute atomic E-state index is 0.138. The molecule has 1 aromatic rings. The van der Waals surface area contributed by atoms with E-state index in [2.05, 4.69) is 66.7 Å². The second-order valence-corrected chi connectivity index (χ2v) is 4.71. The van der Waals surface area contributed by atoms with Gasteiger partial charge in [0.25, 0.3) is 0 Å². The van der Waals surface area contributed by atoms with E-state index < -0.39 is 0 Å². The lowest BCUT2D eigenvalue weighted by Crippen LogP contribution is -2.27. The van der Waals surface area contributed by atoms with Gasteiger partial charge < -0.3 is 5.43 Å². The van der Waals surface area contributed by atoms with Gasteiger partial charge in [0.2, 0.25) is 0 Å². The van der Waals surface area contributed by atoms with Crippen LogP contribution in [0.25, 0.3) is 5.57 Å². The van der Waals surface area contributed by atoms with E-state index in [1.54, 1.807) is 0 Å². The molecule has 17 heavy (non-hydrogen) atoms. The first-order valence-corrected chi connectivity index (χ1v) is 5.87. The molecule has 0 saturated carbocycles. The van der Waals surface area contributed by atoms with Gasteiger partial charge in [-0.2, -0.15) is 5.10 Å². The molecule has 0 aliphatic heterocycles. The van der Waals surface area contributed by atoms with Crippen molar-refractivity contribution in [2.75, 3.05) is 6.54 Å². The molecule has 1 aliphatic carbocycles. The summed E-state index contributed by atoms with van der Waals surface area (Å²) in [5.74, 6) is 0. The second kappa shape index (κ2) is 5.00. The summed E-state index contributed by atoms with van der Waals surface area (Å²) in [4.78, 5) is 0. The van der Waals surface area contributed by atoms with Gasteiger partial charge >= 0.3 is 0 Å². The molecule has 0 spiro atoms. The van der Waals surface area contributed by atoms with E-state index in [0.717, 1.165) is 13.0 Å². The molecule has 2 rings (SSSR count). The van der Waals surface area contributed by atoms with Gasteiger partial charge in [0.05, 0.1) is 0 Å². The molecule has 1 unspecified atom stereocenters. The molecule has 0 fully saturated rings. The molecule has 2 nitrogen and oxygen atoms in total. The van der Waals surface area contributed by atoms with Crippen LogP contribution in [0.2, 0.25) is 0 Å². The molecule has 0 amide bonds. The quantitative estimate of drug-likeness (QED) is 0.618. The maximum atomic E-state index is 3.70. The second-order valence-electron chi connectivity index (χ2n) is 4.71. The van der Waals surface area contributed by atoms with Crippen molar-refractivity contribution in [2.45, 2.75) is 13.3 Å². The van der Waals surface area contributed by atoms with E-state index in [1.165, 1.54) is 11.1 Å². The highest BCUT2D eigenvalue weighted by atomic mass is 15.3. The van der Waals surface area contributed by atoms with Crippen molar-refractivity contribution in [1.29, 1.82) is 0 Å². The largest absolute Gasteiger partial charge is 0.310 e. The summed E-state index contributed by atoms with van der Waals surface area (Å²) in [7, 11) is 0. The third-order valence-corrected chi connectivity index (χ3v) is 3.16. The number of hydrogen-bond acceptors (Lipinski definition) is 2. The first-order chi connectivity index (χ1) is 8.23. The summed E-state index contributed by atoms with van der Waals surface area (Å²) in [5, 5.41) is 3.70. The van der Waals surface area contributed by atoms with Crippen molar-refractivity contribution in [3.05, 3.63) is 54.1 Å². The van der Waals surface area contributed by atoms with Gasteiger partial charge in [-0.15, -0.1) is 0 Å². The summed E-state index contributed by atoms with van der Waals surface area (Å²) in [6.07, 6.45) is 7.77. The average molecular weight is 226 g/mol. The molecule has 0 heterocycles. The van der Waals surface area contributed by atoms with Crippen LogP contribution < -0.4 is 5.43 Å². The van der Waals surface area contributed by atoms with E-state index in [9.17, 15) is 0 Å². The predicted octanol–water partition coefficient (Wildman–Crippen LogP) is 3.24. The third-order valence-electron chi connectivity index (χ3n) is 3.16. The molecule has 88 valence electrons. The average Bonchev–Trinajstić information content (AvgIpc) is 2.38. The third kappa shape index (κ3) is 2.84. The maximum absolute atomic E-state index is 3.70. The highest BCUT2D eigenvalue weighted by molar-refractivity contribution is 5.75. The first kappa shape index (κ1) is 11.6. The molecule has 1 N–H and O–H groups in total. The lowest BCUT2D eigenvalue weighted by atomic mass is 9.81. The van der Waals surface area contributed by atoms with Crippen LogP contribution in [-0.2, 0) is 0 Å². The number of hydrogen-bond donors (Lipinski definition) is 1. The van der Waals surface area contributed by atoms with Crippen molar-refractivity contribution < 1.29 is 0 Å². The van der Waals surface area contributed by atoms with E-state index in [-0.39, 0.29) is 5.41 Å². The van der Waals surface area contributed by atoms with Crippen LogP contribution >= 0.6 is 0 Å². The van der Waals surface area contributed by atoms with Crippen molar-refractivity contribution in [3.63, 3.8) is 0 Å². The summed E-state index contributed by atoms with van der Waals surface area (Å²) in [6.45, 7) is 6.49. The van der Waals surface area contributed by atoms with Gasteiger partial charge in [-0.05, 0) is 17.6 Å². The lowest BCUT2D eigenvalue weighted by Gasteiger charge is -2.27. The number of rotatable bonds is 4. The van der Waals surface area contributed by atoms with Gasteiger partial charge in [0.1, 0.15) is 0 Å². The van der Waals surface area contributed by atoms with Crippen LogP contribution in [0.1, 0.15) is 18.9 Å². The zero-order valence-corrected chi connectivity index (χ0v) is 10.2. The van der Waals surface area contributed by atoms with Crippen LogP contribution in [0.4, 0.5) is 0 Å². The number of nitrogens with zero attached hydrogens (tertiary/aromatic N) is 1. The Morgan fingerprint density at radius 3 is 2.71 bits per heavy atom. The van der Waals surface area contributed by atoms with Crippen molar-refractivity contribution in [1.82, 2.24) is 5.43 Å². The molecule has 2 heteroatoms. The lowest BCUT2D eigenvalue weighted by molar-refractivity contribution is 0.401. The number of allylic oxidation sites excluding steroid dienone is 3. The van der Waals surface area contributed by atoms with Crippen LogP contribution in [0, 0.1) is 5.41 Å². The Balaban J connectivity index is 2.08. The normalized spacial score (nSPS) is 23.0. The summed E-state index contributed by atoms with van der Waals surface area (Å²) in [5.41, 5.74) is 5.66. The molecule has 0 bridgehead atoms.